The number of ether oxygens (including phenoxy) is 2. The van der Waals surface area contributed by atoms with Crippen molar-refractivity contribution in [3.8, 4) is 17.2 Å². The molecule has 3 aromatic rings. The fourth-order valence-corrected chi connectivity index (χ4v) is 3.41. The number of fused-ring (bicyclic) bond motifs is 2. The van der Waals surface area contributed by atoms with E-state index in [2.05, 4.69) is 13.3 Å². The van der Waals surface area contributed by atoms with Crippen LogP contribution in [0, 0.1) is 0 Å². The first-order valence-electron chi connectivity index (χ1n) is 6.38. The summed E-state index contributed by atoms with van der Waals surface area (Å²) in [6, 6.07) is 9.23. The zero-order valence-electron chi connectivity index (χ0n) is 10.9. The summed E-state index contributed by atoms with van der Waals surface area (Å²) in [5, 5.41) is 13.3. The van der Waals surface area contributed by atoms with Crippen LogP contribution in [-0.4, -0.2) is 34.8 Å². The Morgan fingerprint density at radius 3 is 2.95 bits per heavy atom. The van der Waals surface area contributed by atoms with E-state index in [9.17, 15) is 5.11 Å². The second-order valence-electron chi connectivity index (χ2n) is 4.63. The number of benzene rings is 2. The number of phenolic OH excluding ortho intramolecular Hbond substituents is 1. The average Bonchev–Trinajstić information content (AvgIpc) is 3.12. The van der Waals surface area contributed by atoms with Crippen LogP contribution >= 0.6 is 0 Å². The average molecular weight is 348 g/mol. The molecule has 0 amide bonds. The van der Waals surface area contributed by atoms with Gasteiger partial charge in [-0.3, -0.25) is 0 Å². The summed E-state index contributed by atoms with van der Waals surface area (Å²) < 4.78 is 19.3. The van der Waals surface area contributed by atoms with E-state index in [-0.39, 0.29) is 27.5 Å². The minimum absolute atomic E-state index is 0.0546. The molecule has 6 nitrogen and oxygen atoms in total. The molecule has 0 saturated heterocycles. The molecule has 0 radical (unpaired) electrons. The number of aromatic nitrogens is 2. The number of rotatable bonds is 3. The van der Waals surface area contributed by atoms with Gasteiger partial charge in [0.15, 0.2) is 0 Å². The van der Waals surface area contributed by atoms with Gasteiger partial charge in [0, 0.05) is 0 Å². The van der Waals surface area contributed by atoms with Crippen molar-refractivity contribution in [1.82, 2.24) is 7.96 Å². The van der Waals surface area contributed by atoms with Gasteiger partial charge in [0.2, 0.25) is 0 Å². The fourth-order valence-electron chi connectivity index (χ4n) is 2.25. The van der Waals surface area contributed by atoms with Gasteiger partial charge in [0.25, 0.3) is 0 Å². The van der Waals surface area contributed by atoms with Crippen LogP contribution in [-0.2, 0) is 6.54 Å². The van der Waals surface area contributed by atoms with E-state index in [4.69, 9.17) is 9.47 Å². The second-order valence-corrected chi connectivity index (χ2v) is 5.73. The van der Waals surface area contributed by atoms with Gasteiger partial charge in [-0.05, 0) is 0 Å². The van der Waals surface area contributed by atoms with E-state index < -0.39 is 0 Å². The van der Waals surface area contributed by atoms with Crippen LogP contribution in [0.4, 0.5) is 5.69 Å². The molecule has 106 valence electrons. The topological polar surface area (TPSA) is 76.5 Å². The Labute approximate surface area is 126 Å². The molecular formula is C14H11N3O3Se. The van der Waals surface area contributed by atoms with E-state index in [1.807, 2.05) is 18.2 Å². The van der Waals surface area contributed by atoms with E-state index >= 15 is 0 Å². The molecule has 4 rings (SSSR count). The van der Waals surface area contributed by atoms with Crippen molar-refractivity contribution in [1.29, 1.82) is 0 Å². The Morgan fingerprint density at radius 2 is 2.05 bits per heavy atom. The molecule has 1 aliphatic rings. The minimum atomic E-state index is -0.0546. The molecule has 21 heavy (non-hydrogen) atoms. The number of anilines is 1. The number of nitrogens with one attached hydrogen (secondary N) is 1. The molecule has 2 aromatic carbocycles. The molecule has 0 atom stereocenters. The molecule has 2 heterocycles. The normalized spacial score (nSPS) is 12.8. The van der Waals surface area contributed by atoms with Crippen molar-refractivity contribution in [2.75, 3.05) is 12.1 Å². The molecule has 0 saturated carbocycles. The van der Waals surface area contributed by atoms with Crippen LogP contribution in [0.15, 0.2) is 30.3 Å². The molecule has 0 spiro atoms. The molecule has 1 aliphatic heterocycles. The monoisotopic (exact) mass is 349 g/mol. The molecule has 1 aromatic heterocycles. The fraction of sp³-hybridized carbons (Fsp3) is 0.143. The van der Waals surface area contributed by atoms with Crippen molar-refractivity contribution in [2.24, 2.45) is 0 Å². The van der Waals surface area contributed by atoms with E-state index in [0.717, 1.165) is 22.3 Å². The van der Waals surface area contributed by atoms with Crippen molar-refractivity contribution >= 4 is 31.7 Å². The molecule has 0 fully saturated rings. The summed E-state index contributed by atoms with van der Waals surface area (Å²) in [6.45, 7) is 0.668. The first-order valence-corrected chi connectivity index (χ1v) is 7.91. The van der Waals surface area contributed by atoms with Gasteiger partial charge >= 0.3 is 126 Å². The van der Waals surface area contributed by atoms with Gasteiger partial charge < -0.3 is 0 Å². The Bertz CT molecular complexity index is 818. The van der Waals surface area contributed by atoms with Crippen LogP contribution in [0.25, 0.3) is 11.0 Å². The Morgan fingerprint density at radius 1 is 1.19 bits per heavy atom. The van der Waals surface area contributed by atoms with Crippen molar-refractivity contribution in [2.45, 2.75) is 6.54 Å². The molecule has 0 unspecified atom stereocenters. The summed E-state index contributed by atoms with van der Waals surface area (Å²) in [5.41, 5.74) is 3.50. The predicted molar refractivity (Wildman–Crippen MR) is 78.0 cm³/mol. The van der Waals surface area contributed by atoms with Crippen molar-refractivity contribution < 1.29 is 14.6 Å². The van der Waals surface area contributed by atoms with Crippen LogP contribution in [0.2, 0.25) is 0 Å². The van der Waals surface area contributed by atoms with E-state index in [1.54, 1.807) is 12.1 Å². The van der Waals surface area contributed by atoms with Gasteiger partial charge in [-0.25, -0.2) is 0 Å². The number of hydrogen-bond acceptors (Lipinski definition) is 6. The van der Waals surface area contributed by atoms with Crippen molar-refractivity contribution in [3.63, 3.8) is 0 Å². The third-order valence-electron chi connectivity index (χ3n) is 3.33. The van der Waals surface area contributed by atoms with E-state index in [0.29, 0.717) is 18.0 Å². The maximum atomic E-state index is 10.0. The van der Waals surface area contributed by atoms with Gasteiger partial charge in [0.1, 0.15) is 0 Å². The SMILES string of the molecule is Oc1cc2c(cc1CNc1cccc3n[se]nc13)OCO2. The van der Waals surface area contributed by atoms with Crippen molar-refractivity contribution in [3.05, 3.63) is 35.9 Å². The summed E-state index contributed by atoms with van der Waals surface area (Å²) >= 11 is -0.0546. The van der Waals surface area contributed by atoms with Gasteiger partial charge in [-0.15, -0.1) is 0 Å². The third kappa shape index (κ3) is 2.20. The summed E-state index contributed by atoms with van der Waals surface area (Å²) in [7, 11) is 0. The third-order valence-corrected chi connectivity index (χ3v) is 4.47. The quantitative estimate of drug-likeness (QED) is 0.702. The Balaban J connectivity index is 1.61. The van der Waals surface area contributed by atoms with E-state index in [1.165, 1.54) is 0 Å². The zero-order chi connectivity index (χ0) is 14.2. The van der Waals surface area contributed by atoms with Gasteiger partial charge in [0.05, 0.1) is 0 Å². The first kappa shape index (κ1) is 12.5. The molecule has 0 aliphatic carbocycles. The summed E-state index contributed by atoms with van der Waals surface area (Å²) in [4.78, 5) is 0. The molecular weight excluding hydrogens is 337 g/mol. The molecule has 7 heteroatoms. The second kappa shape index (κ2) is 4.95. The maximum absolute atomic E-state index is 10.0. The summed E-state index contributed by atoms with van der Waals surface area (Å²) in [5.74, 6) is 1.42. The predicted octanol–water partition coefficient (Wildman–Crippen LogP) is 1.73. The Kier molecular flexibility index (Phi) is 2.94. The summed E-state index contributed by atoms with van der Waals surface area (Å²) in [6.07, 6.45) is 0. The number of phenols is 1. The zero-order valence-corrected chi connectivity index (χ0v) is 12.6. The van der Waals surface area contributed by atoms with Crippen LogP contribution in [0.1, 0.15) is 5.56 Å². The van der Waals surface area contributed by atoms with Gasteiger partial charge in [-0.2, -0.15) is 0 Å². The first-order chi connectivity index (χ1) is 10.3. The molecule has 0 bridgehead atoms. The molecule has 2 N–H and O–H groups in total. The Hall–Kier alpha value is -2.24. The standard InChI is InChI=1S/C14H11N3O3Se/c18-11-5-13-12(19-7-20-13)4-8(11)6-15-9-2-1-3-10-14(9)17-21-16-10/h1-5,15,18H,6-7H2. The number of hydrogen-bond donors (Lipinski definition) is 2. The number of aromatic hydroxyl groups is 1. The van der Waals surface area contributed by atoms with Crippen LogP contribution < -0.4 is 14.8 Å². The van der Waals surface area contributed by atoms with Gasteiger partial charge in [-0.1, -0.05) is 0 Å². The van der Waals surface area contributed by atoms with Crippen LogP contribution in [0.3, 0.4) is 0 Å². The van der Waals surface area contributed by atoms with Crippen LogP contribution in [0.5, 0.6) is 17.2 Å². The number of nitrogens with zero attached hydrogens (tertiary/aromatic N) is 2.